The zero-order valence-corrected chi connectivity index (χ0v) is 7.64. The molecule has 0 aromatic carbocycles. The molecule has 3 rings (SSSR count). The lowest BCUT2D eigenvalue weighted by Crippen LogP contribution is -2.13. The normalized spacial score (nSPS) is 26.0. The fourth-order valence-electron chi connectivity index (χ4n) is 1.78. The molecular weight excluding hydrogens is 182 g/mol. The predicted octanol–water partition coefficient (Wildman–Crippen LogP) is 0.999. The molecule has 1 atom stereocenters. The standard InChI is InChI=1S/C9H11N3O2/c13-9-11-4-8(14-9)7-3-10-5-12(7)6-1-2-6/h3,5-6,8H,1-2,4H2,(H,11,13). The van der Waals surface area contributed by atoms with E-state index in [0.29, 0.717) is 12.6 Å². The molecule has 1 aromatic heterocycles. The third-order valence-electron chi connectivity index (χ3n) is 2.65. The van der Waals surface area contributed by atoms with Crippen LogP contribution in [-0.4, -0.2) is 22.2 Å². The van der Waals surface area contributed by atoms with E-state index < -0.39 is 0 Å². The van der Waals surface area contributed by atoms with Crippen LogP contribution < -0.4 is 5.32 Å². The summed E-state index contributed by atoms with van der Waals surface area (Å²) >= 11 is 0. The van der Waals surface area contributed by atoms with Gasteiger partial charge in [0.05, 0.1) is 24.8 Å². The zero-order chi connectivity index (χ0) is 9.54. The summed E-state index contributed by atoms with van der Waals surface area (Å²) in [5.41, 5.74) is 1.01. The number of hydrogen-bond acceptors (Lipinski definition) is 3. The zero-order valence-electron chi connectivity index (χ0n) is 7.64. The first-order valence-corrected chi connectivity index (χ1v) is 4.81. The number of ether oxygens (including phenoxy) is 1. The minimum atomic E-state index is -0.335. The van der Waals surface area contributed by atoms with Crippen molar-refractivity contribution in [2.24, 2.45) is 0 Å². The van der Waals surface area contributed by atoms with Crippen LogP contribution >= 0.6 is 0 Å². The van der Waals surface area contributed by atoms with E-state index >= 15 is 0 Å². The smallest absolute Gasteiger partial charge is 0.408 e. The van der Waals surface area contributed by atoms with Gasteiger partial charge in [0.1, 0.15) is 0 Å². The van der Waals surface area contributed by atoms with Gasteiger partial charge in [-0.25, -0.2) is 9.78 Å². The van der Waals surface area contributed by atoms with E-state index in [1.54, 1.807) is 6.20 Å². The number of carbonyl (C=O) groups excluding carboxylic acids is 1. The van der Waals surface area contributed by atoms with Crippen LogP contribution in [0.5, 0.6) is 0 Å². The minimum absolute atomic E-state index is 0.161. The van der Waals surface area contributed by atoms with Crippen molar-refractivity contribution in [1.29, 1.82) is 0 Å². The van der Waals surface area contributed by atoms with Gasteiger partial charge in [0.15, 0.2) is 6.10 Å². The molecule has 1 saturated heterocycles. The Morgan fingerprint density at radius 1 is 1.57 bits per heavy atom. The van der Waals surface area contributed by atoms with Crippen molar-refractivity contribution in [3.05, 3.63) is 18.2 Å². The molecule has 1 aromatic rings. The van der Waals surface area contributed by atoms with Crippen molar-refractivity contribution in [1.82, 2.24) is 14.9 Å². The SMILES string of the molecule is O=C1NCC(c2cncn2C2CC2)O1. The van der Waals surface area contributed by atoms with Gasteiger partial charge in [0, 0.05) is 6.04 Å². The van der Waals surface area contributed by atoms with Crippen LogP contribution in [0, 0.1) is 0 Å². The first-order valence-electron chi connectivity index (χ1n) is 4.81. The van der Waals surface area contributed by atoms with Gasteiger partial charge in [-0.2, -0.15) is 0 Å². The van der Waals surface area contributed by atoms with Crippen molar-refractivity contribution >= 4 is 6.09 Å². The highest BCUT2D eigenvalue weighted by atomic mass is 16.6. The Bertz CT molecular complexity index is 370. The van der Waals surface area contributed by atoms with E-state index in [0.717, 1.165) is 5.69 Å². The average Bonchev–Trinajstić information content (AvgIpc) is 2.75. The van der Waals surface area contributed by atoms with Crippen LogP contribution in [0.25, 0.3) is 0 Å². The number of aromatic nitrogens is 2. The second kappa shape index (κ2) is 2.73. The largest absolute Gasteiger partial charge is 0.438 e. The van der Waals surface area contributed by atoms with Gasteiger partial charge < -0.3 is 14.6 Å². The fraction of sp³-hybridized carbons (Fsp3) is 0.556. The van der Waals surface area contributed by atoms with E-state index in [1.165, 1.54) is 12.8 Å². The minimum Gasteiger partial charge on any atom is -0.438 e. The summed E-state index contributed by atoms with van der Waals surface area (Å²) in [5, 5.41) is 2.64. The van der Waals surface area contributed by atoms with Gasteiger partial charge in [-0.1, -0.05) is 0 Å². The molecule has 2 heterocycles. The molecule has 1 unspecified atom stereocenters. The van der Waals surface area contributed by atoms with E-state index in [-0.39, 0.29) is 12.2 Å². The van der Waals surface area contributed by atoms with Crippen LogP contribution in [0.15, 0.2) is 12.5 Å². The third-order valence-corrected chi connectivity index (χ3v) is 2.65. The molecule has 2 aliphatic rings. The van der Waals surface area contributed by atoms with Gasteiger partial charge in [-0.05, 0) is 12.8 Å². The van der Waals surface area contributed by atoms with Crippen molar-refractivity contribution in [3.8, 4) is 0 Å². The number of nitrogens with zero attached hydrogens (tertiary/aromatic N) is 2. The Balaban J connectivity index is 1.87. The third kappa shape index (κ3) is 1.16. The summed E-state index contributed by atoms with van der Waals surface area (Å²) in [6.07, 6.45) is 5.52. The molecule has 1 aliphatic carbocycles. The van der Waals surface area contributed by atoms with Gasteiger partial charge >= 0.3 is 6.09 Å². The number of carbonyl (C=O) groups is 1. The molecular formula is C9H11N3O2. The number of alkyl carbamates (subject to hydrolysis) is 1. The van der Waals surface area contributed by atoms with Crippen molar-refractivity contribution in [2.75, 3.05) is 6.54 Å². The summed E-state index contributed by atoms with van der Waals surface area (Å²) in [6.45, 7) is 0.553. The predicted molar refractivity (Wildman–Crippen MR) is 47.7 cm³/mol. The monoisotopic (exact) mass is 193 g/mol. The fourth-order valence-corrected chi connectivity index (χ4v) is 1.78. The Hall–Kier alpha value is -1.52. The van der Waals surface area contributed by atoms with Crippen LogP contribution in [-0.2, 0) is 4.74 Å². The molecule has 5 nitrogen and oxygen atoms in total. The molecule has 74 valence electrons. The maximum absolute atomic E-state index is 10.9. The number of hydrogen-bond donors (Lipinski definition) is 1. The highest BCUT2D eigenvalue weighted by molar-refractivity contribution is 5.69. The number of amides is 1. The molecule has 2 fully saturated rings. The molecule has 1 amide bonds. The van der Waals surface area contributed by atoms with E-state index in [9.17, 15) is 4.79 Å². The molecule has 0 radical (unpaired) electrons. The van der Waals surface area contributed by atoms with Crippen molar-refractivity contribution < 1.29 is 9.53 Å². The summed E-state index contributed by atoms with van der Waals surface area (Å²) in [6, 6.07) is 0.576. The molecule has 0 bridgehead atoms. The summed E-state index contributed by atoms with van der Waals surface area (Å²) in [5.74, 6) is 0. The van der Waals surface area contributed by atoms with Gasteiger partial charge in [0.2, 0.25) is 0 Å². The van der Waals surface area contributed by atoms with Gasteiger partial charge in [-0.15, -0.1) is 0 Å². The summed E-state index contributed by atoms with van der Waals surface area (Å²) in [4.78, 5) is 15.0. The quantitative estimate of drug-likeness (QED) is 0.762. The Morgan fingerprint density at radius 2 is 2.43 bits per heavy atom. The molecule has 1 N–H and O–H groups in total. The lowest BCUT2D eigenvalue weighted by atomic mass is 10.2. The molecule has 5 heteroatoms. The van der Waals surface area contributed by atoms with Crippen molar-refractivity contribution in [3.63, 3.8) is 0 Å². The Morgan fingerprint density at radius 3 is 3.07 bits per heavy atom. The van der Waals surface area contributed by atoms with E-state index in [1.807, 2.05) is 6.33 Å². The van der Waals surface area contributed by atoms with Gasteiger partial charge in [0.25, 0.3) is 0 Å². The van der Waals surface area contributed by atoms with Crippen molar-refractivity contribution in [2.45, 2.75) is 25.0 Å². The Labute approximate surface area is 81.1 Å². The molecule has 1 aliphatic heterocycles. The van der Waals surface area contributed by atoms with E-state index in [4.69, 9.17) is 4.74 Å². The first kappa shape index (κ1) is 7.84. The second-order valence-electron chi connectivity index (χ2n) is 3.73. The molecule has 1 saturated carbocycles. The maximum Gasteiger partial charge on any atom is 0.408 e. The average molecular weight is 193 g/mol. The summed E-state index contributed by atoms with van der Waals surface area (Å²) in [7, 11) is 0. The topological polar surface area (TPSA) is 56.2 Å². The number of rotatable bonds is 2. The lowest BCUT2D eigenvalue weighted by Gasteiger charge is -2.10. The highest BCUT2D eigenvalue weighted by Gasteiger charge is 2.32. The first-order chi connectivity index (χ1) is 6.84. The van der Waals surface area contributed by atoms with Gasteiger partial charge in [-0.3, -0.25) is 0 Å². The number of imidazole rings is 1. The lowest BCUT2D eigenvalue weighted by molar-refractivity contribution is 0.137. The number of nitrogens with one attached hydrogen (secondary N) is 1. The Kier molecular flexibility index (Phi) is 1.53. The maximum atomic E-state index is 10.9. The van der Waals surface area contributed by atoms with Crippen LogP contribution in [0.1, 0.15) is 30.7 Å². The van der Waals surface area contributed by atoms with Crippen LogP contribution in [0.3, 0.4) is 0 Å². The van der Waals surface area contributed by atoms with Crippen LogP contribution in [0.2, 0.25) is 0 Å². The highest BCUT2D eigenvalue weighted by Crippen LogP contribution is 2.37. The molecule has 14 heavy (non-hydrogen) atoms. The van der Waals surface area contributed by atoms with E-state index in [2.05, 4.69) is 14.9 Å². The summed E-state index contributed by atoms with van der Waals surface area (Å²) < 4.78 is 7.23. The second-order valence-corrected chi connectivity index (χ2v) is 3.73. The number of cyclic esters (lactones) is 1. The van der Waals surface area contributed by atoms with Crippen LogP contribution in [0.4, 0.5) is 4.79 Å². The molecule has 0 spiro atoms.